The molecule has 1 heterocycles. The highest BCUT2D eigenvalue weighted by molar-refractivity contribution is 5.87. The molecule has 1 aromatic carbocycles. The number of aliphatic carboxylic acids is 1. The molecule has 0 saturated carbocycles. The van der Waals surface area contributed by atoms with Gasteiger partial charge in [0.1, 0.15) is 11.5 Å². The number of halogens is 1. The van der Waals surface area contributed by atoms with Crippen LogP contribution >= 0.6 is 0 Å². The van der Waals surface area contributed by atoms with E-state index >= 15 is 0 Å². The van der Waals surface area contributed by atoms with Crippen LogP contribution < -0.4 is 31.8 Å². The van der Waals surface area contributed by atoms with Crippen molar-refractivity contribution in [3.8, 4) is 0 Å². The number of H-pyrrole nitrogens is 1. The highest BCUT2D eigenvalue weighted by Crippen LogP contribution is 2.15. The monoisotopic (exact) mass is 477 g/mol. The number of hydrogen-bond donors (Lipinski definition) is 4. The molecular weight excluding hydrogens is 445 g/mol. The zero-order valence-corrected chi connectivity index (χ0v) is 19.4. The van der Waals surface area contributed by atoms with E-state index in [1.807, 2.05) is 0 Å². The number of hydrogen-bond acceptors (Lipinski definition) is 7. The predicted molar refractivity (Wildman–Crippen MR) is 124 cm³/mol. The van der Waals surface area contributed by atoms with Crippen LogP contribution in [0.15, 0.2) is 36.4 Å². The van der Waals surface area contributed by atoms with E-state index in [0.29, 0.717) is 36.8 Å². The van der Waals surface area contributed by atoms with Gasteiger partial charge in [0.05, 0.1) is 13.2 Å². The Morgan fingerprint density at radius 3 is 2.38 bits per heavy atom. The Labute approximate surface area is 198 Å². The molecule has 2 amide bonds. The van der Waals surface area contributed by atoms with Gasteiger partial charge in [-0.05, 0) is 49.9 Å². The molecule has 0 aliphatic carbocycles. The van der Waals surface area contributed by atoms with Gasteiger partial charge in [0.2, 0.25) is 17.5 Å². The van der Waals surface area contributed by atoms with Crippen LogP contribution in [-0.4, -0.2) is 31.1 Å². The number of anilines is 3. The van der Waals surface area contributed by atoms with E-state index in [1.165, 1.54) is 19.1 Å². The molecular formula is C23H32FN5O5. The third-order valence-corrected chi connectivity index (χ3v) is 4.32. The number of carboxylic acid groups (broad SMARTS) is 1. The number of aromatic amines is 1. The molecule has 0 bridgehead atoms. The normalized spacial score (nSPS) is 9.85. The maximum atomic E-state index is 12.8. The van der Waals surface area contributed by atoms with Crippen LogP contribution in [0.1, 0.15) is 45.1 Å². The van der Waals surface area contributed by atoms with E-state index in [-0.39, 0.29) is 24.8 Å². The van der Waals surface area contributed by atoms with E-state index in [9.17, 15) is 23.9 Å². The molecule has 0 aliphatic heterocycles. The van der Waals surface area contributed by atoms with Gasteiger partial charge >= 0.3 is 6.09 Å². The lowest BCUT2D eigenvalue weighted by Crippen LogP contribution is -2.22. The second kappa shape index (κ2) is 15.8. The van der Waals surface area contributed by atoms with Crippen molar-refractivity contribution in [3.63, 3.8) is 0 Å². The highest BCUT2D eigenvalue weighted by Gasteiger charge is 2.10. The number of ether oxygens (including phenoxy) is 1. The van der Waals surface area contributed by atoms with Gasteiger partial charge in [-0.3, -0.25) is 10.1 Å². The van der Waals surface area contributed by atoms with Gasteiger partial charge in [-0.1, -0.05) is 18.6 Å². The molecule has 2 aromatic rings. The van der Waals surface area contributed by atoms with Crippen molar-refractivity contribution in [3.05, 3.63) is 47.8 Å². The van der Waals surface area contributed by atoms with Gasteiger partial charge < -0.3 is 31.0 Å². The van der Waals surface area contributed by atoms with E-state index in [4.69, 9.17) is 10.5 Å². The van der Waals surface area contributed by atoms with E-state index < -0.39 is 12.1 Å². The molecule has 1 aromatic heterocycles. The fraction of sp³-hybridized carbons (Fsp3) is 0.391. The van der Waals surface area contributed by atoms with Crippen LogP contribution in [0.3, 0.4) is 0 Å². The first-order valence-electron chi connectivity index (χ1n) is 10.9. The molecule has 0 aliphatic rings. The van der Waals surface area contributed by atoms with Crippen molar-refractivity contribution in [2.24, 2.45) is 0 Å². The second-order valence-electron chi connectivity index (χ2n) is 7.19. The fourth-order valence-electron chi connectivity index (χ4n) is 2.63. The molecule has 11 heteroatoms. The van der Waals surface area contributed by atoms with Crippen LogP contribution in [0.25, 0.3) is 0 Å². The number of carbonyl (C=O) groups is 3. The number of nitrogen functional groups attached to an aromatic ring is 1. The molecule has 2 rings (SSSR count). The molecule has 6 N–H and O–H groups in total. The average Bonchev–Trinajstić information content (AvgIpc) is 2.78. The van der Waals surface area contributed by atoms with Gasteiger partial charge in [-0.2, -0.15) is 0 Å². The number of pyridine rings is 1. The molecule has 0 unspecified atom stereocenters. The number of carboxylic acids is 1. The van der Waals surface area contributed by atoms with Crippen molar-refractivity contribution in [2.45, 2.75) is 46.1 Å². The number of rotatable bonds is 11. The Hall–Kier alpha value is -3.89. The van der Waals surface area contributed by atoms with Crippen LogP contribution in [0, 0.1) is 5.82 Å². The minimum Gasteiger partial charge on any atom is -0.550 e. The van der Waals surface area contributed by atoms with E-state index in [0.717, 1.165) is 18.4 Å². The number of aromatic nitrogens is 1. The van der Waals surface area contributed by atoms with Crippen LogP contribution in [0.5, 0.6) is 0 Å². The minimum absolute atomic E-state index is 0.0464. The Kier molecular flexibility index (Phi) is 13.1. The topological polar surface area (TPSA) is 160 Å². The summed E-state index contributed by atoms with van der Waals surface area (Å²) in [6.45, 7) is 4.61. The Balaban J connectivity index is 0.000000411. The zero-order valence-electron chi connectivity index (χ0n) is 19.4. The van der Waals surface area contributed by atoms with Gasteiger partial charge in [0.25, 0.3) is 0 Å². The quantitative estimate of drug-likeness (QED) is 0.359. The van der Waals surface area contributed by atoms with Gasteiger partial charge in [-0.25, -0.2) is 14.2 Å². The molecule has 10 nitrogen and oxygen atoms in total. The predicted octanol–water partition coefficient (Wildman–Crippen LogP) is 1.84. The maximum Gasteiger partial charge on any atom is 0.411 e. The smallest absolute Gasteiger partial charge is 0.411 e. The van der Waals surface area contributed by atoms with Gasteiger partial charge in [-0.15, -0.1) is 0 Å². The lowest BCUT2D eigenvalue weighted by Gasteiger charge is -2.07. The summed E-state index contributed by atoms with van der Waals surface area (Å²) in [5.74, 6) is -0.341. The molecule has 0 saturated heterocycles. The first-order chi connectivity index (χ1) is 16.2. The summed E-state index contributed by atoms with van der Waals surface area (Å²) >= 11 is 0. The van der Waals surface area contributed by atoms with Crippen molar-refractivity contribution < 1.29 is 33.6 Å². The Bertz CT molecular complexity index is 906. The number of benzene rings is 1. The summed E-state index contributed by atoms with van der Waals surface area (Å²) in [5.41, 5.74) is 7.21. The standard InChI is InChI=1S/C15H17FN4O2.C8H15NO3/c1-2-22-15(21)19-12-7-8-13(20-14(12)17)18-9-10-3-5-11(16)6-4-10;1-7(10)9-6-4-2-3-5-8(11)12/h3-8H,2,9H2,1H3,(H,19,21)(H3,17,18,20);2-6H2,1H3,(H,9,10)(H,11,12). The Morgan fingerprint density at radius 1 is 1.09 bits per heavy atom. The third-order valence-electron chi connectivity index (χ3n) is 4.32. The summed E-state index contributed by atoms with van der Waals surface area (Å²) in [7, 11) is 0. The number of amides is 2. The lowest BCUT2D eigenvalue weighted by atomic mass is 10.2. The maximum absolute atomic E-state index is 12.8. The van der Waals surface area contributed by atoms with Gasteiger partial charge in [0.15, 0.2) is 0 Å². The van der Waals surface area contributed by atoms with Crippen molar-refractivity contribution in [1.29, 1.82) is 0 Å². The first-order valence-corrected chi connectivity index (χ1v) is 10.9. The van der Waals surface area contributed by atoms with Crippen molar-refractivity contribution in [1.82, 2.24) is 5.32 Å². The van der Waals surface area contributed by atoms with Crippen LogP contribution in [0.2, 0.25) is 0 Å². The summed E-state index contributed by atoms with van der Waals surface area (Å²) < 4.78 is 17.6. The van der Waals surface area contributed by atoms with E-state index in [2.05, 4.69) is 20.9 Å². The SMILES string of the molecule is CC(=O)NCCCCCC(=O)[O-].CCOC(=O)Nc1ccc(NCc2ccc(F)cc2)[nH+]c1N. The molecule has 186 valence electrons. The van der Waals surface area contributed by atoms with Gasteiger partial charge in [0, 0.05) is 25.5 Å². The molecule has 0 atom stereocenters. The minimum atomic E-state index is -1.01. The number of carbonyl (C=O) groups excluding carboxylic acids is 3. The van der Waals surface area contributed by atoms with E-state index in [1.54, 1.807) is 31.2 Å². The second-order valence-corrected chi connectivity index (χ2v) is 7.19. The highest BCUT2D eigenvalue weighted by atomic mass is 19.1. The lowest BCUT2D eigenvalue weighted by molar-refractivity contribution is -0.342. The fourth-order valence-corrected chi connectivity index (χ4v) is 2.63. The summed E-state index contributed by atoms with van der Waals surface area (Å²) in [6.07, 6.45) is 1.82. The third kappa shape index (κ3) is 12.8. The number of unbranched alkanes of at least 4 members (excludes halogenated alkanes) is 2. The summed E-state index contributed by atoms with van der Waals surface area (Å²) in [4.78, 5) is 34.6. The Morgan fingerprint density at radius 2 is 1.79 bits per heavy atom. The van der Waals surface area contributed by atoms with Crippen molar-refractivity contribution in [2.75, 3.05) is 29.5 Å². The van der Waals surface area contributed by atoms with Crippen molar-refractivity contribution >= 4 is 35.3 Å². The molecule has 0 spiro atoms. The number of nitrogens with one attached hydrogen (secondary N) is 4. The number of nitrogens with two attached hydrogens (primary N) is 1. The average molecular weight is 478 g/mol. The molecule has 0 radical (unpaired) electrons. The zero-order chi connectivity index (χ0) is 25.3. The summed E-state index contributed by atoms with van der Waals surface area (Å²) in [5, 5.41) is 18.2. The molecule has 34 heavy (non-hydrogen) atoms. The van der Waals surface area contributed by atoms with Crippen LogP contribution in [0.4, 0.5) is 26.5 Å². The molecule has 0 fully saturated rings. The largest absolute Gasteiger partial charge is 0.550 e. The summed E-state index contributed by atoms with van der Waals surface area (Å²) in [6, 6.07) is 9.60. The van der Waals surface area contributed by atoms with Crippen LogP contribution in [-0.2, 0) is 20.9 Å². The first kappa shape index (κ1) is 28.1.